The van der Waals surface area contributed by atoms with Crippen LogP contribution >= 0.6 is 0 Å². The number of aryl methyl sites for hydroxylation is 1. The van der Waals surface area contributed by atoms with Crippen LogP contribution in [0.2, 0.25) is 0 Å². The molecule has 2 aromatic carbocycles. The number of rotatable bonds is 7. The van der Waals surface area contributed by atoms with Crippen molar-refractivity contribution in [2.75, 3.05) is 24.3 Å². The van der Waals surface area contributed by atoms with Crippen molar-refractivity contribution in [3.8, 4) is 11.5 Å². The zero-order chi connectivity index (χ0) is 21.7. The van der Waals surface area contributed by atoms with Gasteiger partial charge >= 0.3 is 0 Å². The summed E-state index contributed by atoms with van der Waals surface area (Å²) < 4.78 is 37.9. The molecule has 0 spiro atoms. The van der Waals surface area contributed by atoms with Crippen LogP contribution in [0.15, 0.2) is 65.8 Å². The number of sulfonamides is 1. The number of nitrogens with zero attached hydrogens (tertiary/aromatic N) is 1. The molecule has 30 heavy (non-hydrogen) atoms. The number of carbonyl (C=O) groups excluding carboxylic acids is 1. The van der Waals surface area contributed by atoms with Gasteiger partial charge in [0, 0.05) is 18.0 Å². The minimum atomic E-state index is -3.80. The number of benzene rings is 2. The number of anilines is 2. The number of nitrogens with one attached hydrogen (secondary N) is 2. The molecule has 2 N–H and O–H groups in total. The van der Waals surface area contributed by atoms with Gasteiger partial charge in [-0.15, -0.1) is 0 Å². The van der Waals surface area contributed by atoms with Crippen LogP contribution in [0.1, 0.15) is 15.9 Å². The monoisotopic (exact) mass is 427 g/mol. The molecule has 8 nitrogen and oxygen atoms in total. The molecule has 0 saturated heterocycles. The normalized spacial score (nSPS) is 10.9. The molecule has 3 aromatic rings. The van der Waals surface area contributed by atoms with Crippen LogP contribution in [0.3, 0.4) is 0 Å². The first-order valence-electron chi connectivity index (χ1n) is 8.90. The summed E-state index contributed by atoms with van der Waals surface area (Å²) in [4.78, 5) is 16.7. The Bertz CT molecular complexity index is 1160. The Hall–Kier alpha value is -3.59. The van der Waals surface area contributed by atoms with Crippen molar-refractivity contribution in [1.29, 1.82) is 0 Å². The molecule has 0 radical (unpaired) electrons. The van der Waals surface area contributed by atoms with E-state index >= 15 is 0 Å². The minimum absolute atomic E-state index is 0.119. The summed E-state index contributed by atoms with van der Waals surface area (Å²) in [5.41, 5.74) is 1.80. The molecule has 0 fully saturated rings. The van der Waals surface area contributed by atoms with Gasteiger partial charge in [-0.2, -0.15) is 0 Å². The van der Waals surface area contributed by atoms with Gasteiger partial charge in [-0.3, -0.25) is 14.5 Å². The zero-order valence-corrected chi connectivity index (χ0v) is 17.5. The van der Waals surface area contributed by atoms with E-state index in [1.165, 1.54) is 44.8 Å². The van der Waals surface area contributed by atoms with E-state index in [-0.39, 0.29) is 16.1 Å². The molecule has 0 bridgehead atoms. The third-order valence-corrected chi connectivity index (χ3v) is 5.62. The maximum atomic E-state index is 12.6. The molecule has 1 heterocycles. The standard InChI is InChI=1S/C21H21N3O5S/c1-14-4-7-18(8-5-14)30(26,27)24-17-10-15(12-22-13-17)21(25)23-16-6-9-19(28-2)20(11-16)29-3/h4-13,24H,1-3H3,(H,23,25). The quantitative estimate of drug-likeness (QED) is 0.598. The summed E-state index contributed by atoms with van der Waals surface area (Å²) in [5, 5.41) is 2.72. The summed E-state index contributed by atoms with van der Waals surface area (Å²) in [5.74, 6) is 0.545. The Labute approximate surface area is 174 Å². The van der Waals surface area contributed by atoms with Crippen molar-refractivity contribution in [1.82, 2.24) is 4.98 Å². The number of pyridine rings is 1. The Kier molecular flexibility index (Phi) is 6.22. The van der Waals surface area contributed by atoms with Gasteiger partial charge in [-0.05, 0) is 37.3 Å². The van der Waals surface area contributed by atoms with Gasteiger partial charge in [-0.25, -0.2) is 8.42 Å². The van der Waals surface area contributed by atoms with Crippen LogP contribution in [0.5, 0.6) is 11.5 Å². The fraction of sp³-hybridized carbons (Fsp3) is 0.143. The van der Waals surface area contributed by atoms with E-state index in [0.717, 1.165) is 5.56 Å². The average Bonchev–Trinajstić information content (AvgIpc) is 2.73. The number of carbonyl (C=O) groups is 1. The van der Waals surface area contributed by atoms with E-state index in [4.69, 9.17) is 9.47 Å². The third-order valence-electron chi connectivity index (χ3n) is 4.23. The largest absolute Gasteiger partial charge is 0.493 e. The number of hydrogen-bond acceptors (Lipinski definition) is 6. The second-order valence-corrected chi connectivity index (χ2v) is 8.09. The van der Waals surface area contributed by atoms with E-state index in [0.29, 0.717) is 17.2 Å². The first-order valence-corrected chi connectivity index (χ1v) is 10.4. The van der Waals surface area contributed by atoms with Crippen molar-refractivity contribution in [3.05, 3.63) is 72.1 Å². The van der Waals surface area contributed by atoms with Gasteiger partial charge < -0.3 is 14.8 Å². The molecule has 0 aliphatic heterocycles. The van der Waals surface area contributed by atoms with Crippen molar-refractivity contribution >= 4 is 27.3 Å². The topological polar surface area (TPSA) is 107 Å². The lowest BCUT2D eigenvalue weighted by Crippen LogP contribution is -2.15. The number of aromatic nitrogens is 1. The average molecular weight is 427 g/mol. The fourth-order valence-corrected chi connectivity index (χ4v) is 3.70. The number of ether oxygens (including phenoxy) is 2. The number of methoxy groups -OCH3 is 2. The fourth-order valence-electron chi connectivity index (χ4n) is 2.67. The van der Waals surface area contributed by atoms with Crippen molar-refractivity contribution in [2.45, 2.75) is 11.8 Å². The summed E-state index contributed by atoms with van der Waals surface area (Å²) in [6, 6.07) is 12.8. The predicted octanol–water partition coefficient (Wildman–Crippen LogP) is 3.46. The predicted molar refractivity (Wildman–Crippen MR) is 114 cm³/mol. The SMILES string of the molecule is COc1ccc(NC(=O)c2cncc(NS(=O)(=O)c3ccc(C)cc3)c2)cc1OC. The van der Waals surface area contributed by atoms with E-state index in [1.807, 2.05) is 6.92 Å². The molecule has 1 aromatic heterocycles. The van der Waals surface area contributed by atoms with Crippen molar-refractivity contribution in [3.63, 3.8) is 0 Å². The lowest BCUT2D eigenvalue weighted by atomic mass is 10.2. The summed E-state index contributed by atoms with van der Waals surface area (Å²) in [6.07, 6.45) is 2.68. The Balaban J connectivity index is 1.78. The number of hydrogen-bond donors (Lipinski definition) is 2. The summed E-state index contributed by atoms with van der Waals surface area (Å²) >= 11 is 0. The van der Waals surface area contributed by atoms with Gasteiger partial charge in [0.05, 0.1) is 36.6 Å². The molecule has 156 valence electrons. The van der Waals surface area contributed by atoms with Crippen LogP contribution < -0.4 is 19.5 Å². The van der Waals surface area contributed by atoms with Crippen LogP contribution in [0, 0.1) is 6.92 Å². The highest BCUT2D eigenvalue weighted by Gasteiger charge is 2.16. The molecule has 0 saturated carbocycles. The zero-order valence-electron chi connectivity index (χ0n) is 16.7. The Morgan fingerprint density at radius 2 is 1.60 bits per heavy atom. The lowest BCUT2D eigenvalue weighted by molar-refractivity contribution is 0.102. The highest BCUT2D eigenvalue weighted by molar-refractivity contribution is 7.92. The Morgan fingerprint density at radius 3 is 2.27 bits per heavy atom. The molecular formula is C21H21N3O5S. The highest BCUT2D eigenvalue weighted by atomic mass is 32.2. The molecule has 9 heteroatoms. The number of amides is 1. The maximum Gasteiger partial charge on any atom is 0.261 e. The smallest absolute Gasteiger partial charge is 0.261 e. The van der Waals surface area contributed by atoms with Crippen LogP contribution in [-0.4, -0.2) is 33.5 Å². The van der Waals surface area contributed by atoms with Gasteiger partial charge in [0.1, 0.15) is 0 Å². The van der Waals surface area contributed by atoms with E-state index < -0.39 is 15.9 Å². The van der Waals surface area contributed by atoms with Gasteiger partial charge in [0.15, 0.2) is 11.5 Å². The van der Waals surface area contributed by atoms with E-state index in [1.54, 1.807) is 30.3 Å². The summed E-state index contributed by atoms with van der Waals surface area (Å²) in [6.45, 7) is 1.87. The molecule has 3 rings (SSSR count). The molecule has 0 aliphatic carbocycles. The van der Waals surface area contributed by atoms with Gasteiger partial charge in [-0.1, -0.05) is 17.7 Å². The molecular weight excluding hydrogens is 406 g/mol. The minimum Gasteiger partial charge on any atom is -0.493 e. The molecule has 0 atom stereocenters. The molecule has 0 aliphatic rings. The summed E-state index contributed by atoms with van der Waals surface area (Å²) in [7, 11) is -0.784. The van der Waals surface area contributed by atoms with Crippen molar-refractivity contribution in [2.24, 2.45) is 0 Å². The van der Waals surface area contributed by atoms with Crippen LogP contribution in [-0.2, 0) is 10.0 Å². The highest BCUT2D eigenvalue weighted by Crippen LogP contribution is 2.30. The second-order valence-electron chi connectivity index (χ2n) is 6.40. The Morgan fingerprint density at radius 1 is 0.900 bits per heavy atom. The van der Waals surface area contributed by atoms with Gasteiger partial charge in [0.2, 0.25) is 0 Å². The van der Waals surface area contributed by atoms with Gasteiger partial charge in [0.25, 0.3) is 15.9 Å². The molecule has 0 unspecified atom stereocenters. The maximum absolute atomic E-state index is 12.6. The first-order chi connectivity index (χ1) is 14.3. The first kappa shape index (κ1) is 21.1. The van der Waals surface area contributed by atoms with E-state index in [2.05, 4.69) is 15.0 Å². The third kappa shape index (κ3) is 4.87. The lowest BCUT2D eigenvalue weighted by Gasteiger charge is -2.11. The molecule has 1 amide bonds. The second kappa shape index (κ2) is 8.83. The van der Waals surface area contributed by atoms with Crippen LogP contribution in [0.25, 0.3) is 0 Å². The van der Waals surface area contributed by atoms with E-state index in [9.17, 15) is 13.2 Å². The van der Waals surface area contributed by atoms with Crippen molar-refractivity contribution < 1.29 is 22.7 Å². The van der Waals surface area contributed by atoms with Crippen LogP contribution in [0.4, 0.5) is 11.4 Å².